The summed E-state index contributed by atoms with van der Waals surface area (Å²) in [4.78, 5) is 17.3. The molecule has 0 aliphatic rings. The maximum Gasteiger partial charge on any atom is 0.271 e. The predicted octanol–water partition coefficient (Wildman–Crippen LogP) is 2.31. The lowest BCUT2D eigenvalue weighted by molar-refractivity contribution is 0.628. The summed E-state index contributed by atoms with van der Waals surface area (Å²) in [6, 6.07) is 5.78. The molecule has 0 amide bonds. The highest BCUT2D eigenvalue weighted by Crippen LogP contribution is 2.19. The molecule has 0 radical (unpaired) electrons. The fourth-order valence-corrected chi connectivity index (χ4v) is 1.32. The number of hydrogen-bond donors (Lipinski definition) is 2. The summed E-state index contributed by atoms with van der Waals surface area (Å²) in [7, 11) is 0. The Morgan fingerprint density at radius 1 is 1.44 bits per heavy atom. The largest absolute Gasteiger partial charge is 0.339 e. The molecule has 16 heavy (non-hydrogen) atoms. The number of aromatic nitrogens is 2. The van der Waals surface area contributed by atoms with E-state index in [1.807, 2.05) is 0 Å². The fourth-order valence-electron chi connectivity index (χ4n) is 1.17. The third-order valence-electron chi connectivity index (χ3n) is 1.88. The second-order valence-electron chi connectivity index (χ2n) is 3.03. The standard InChI is InChI=1S/C10H7ClFN3O/c11-8-9(13-5-14-10(8)16)15-7-3-1-2-6(12)4-7/h1-5H,(H2,13,14,15,16). The maximum atomic E-state index is 12.9. The molecule has 1 aromatic heterocycles. The zero-order valence-corrected chi connectivity index (χ0v) is 8.75. The van der Waals surface area contributed by atoms with Crippen LogP contribution in [-0.4, -0.2) is 9.97 Å². The van der Waals surface area contributed by atoms with Gasteiger partial charge in [-0.05, 0) is 18.2 Å². The fraction of sp³-hybridized carbons (Fsp3) is 0. The summed E-state index contributed by atoms with van der Waals surface area (Å²) in [5.41, 5.74) is 0.0237. The van der Waals surface area contributed by atoms with Crippen LogP contribution in [0.3, 0.4) is 0 Å². The van der Waals surface area contributed by atoms with Crippen molar-refractivity contribution in [2.75, 3.05) is 5.32 Å². The maximum absolute atomic E-state index is 12.9. The van der Waals surface area contributed by atoms with Crippen molar-refractivity contribution >= 4 is 23.1 Å². The molecule has 1 aromatic carbocycles. The van der Waals surface area contributed by atoms with Crippen molar-refractivity contribution in [2.24, 2.45) is 0 Å². The zero-order chi connectivity index (χ0) is 11.5. The number of aromatic amines is 1. The lowest BCUT2D eigenvalue weighted by atomic mass is 10.3. The molecule has 1 heterocycles. The zero-order valence-electron chi connectivity index (χ0n) is 8.00. The van der Waals surface area contributed by atoms with E-state index in [9.17, 15) is 9.18 Å². The lowest BCUT2D eigenvalue weighted by Gasteiger charge is -2.05. The topological polar surface area (TPSA) is 57.8 Å². The van der Waals surface area contributed by atoms with Crippen molar-refractivity contribution in [1.82, 2.24) is 9.97 Å². The molecule has 2 aromatic rings. The first kappa shape index (κ1) is 10.6. The van der Waals surface area contributed by atoms with Gasteiger partial charge in [-0.2, -0.15) is 0 Å². The molecular weight excluding hydrogens is 233 g/mol. The Bertz CT molecular complexity index is 570. The van der Waals surface area contributed by atoms with Crippen molar-refractivity contribution in [3.8, 4) is 0 Å². The average Bonchev–Trinajstić information content (AvgIpc) is 2.25. The van der Waals surface area contributed by atoms with E-state index in [4.69, 9.17) is 11.6 Å². The molecule has 0 saturated heterocycles. The first-order valence-corrected chi connectivity index (χ1v) is 4.80. The van der Waals surface area contributed by atoms with Crippen molar-refractivity contribution in [1.29, 1.82) is 0 Å². The third-order valence-corrected chi connectivity index (χ3v) is 2.23. The van der Waals surface area contributed by atoms with Crippen LogP contribution < -0.4 is 10.9 Å². The highest BCUT2D eigenvalue weighted by molar-refractivity contribution is 6.32. The Labute approximate surface area is 95.1 Å². The molecule has 0 bridgehead atoms. The molecule has 0 spiro atoms. The smallest absolute Gasteiger partial charge is 0.271 e. The van der Waals surface area contributed by atoms with E-state index < -0.39 is 5.56 Å². The molecule has 0 saturated carbocycles. The second kappa shape index (κ2) is 4.32. The van der Waals surface area contributed by atoms with Crippen molar-refractivity contribution in [3.05, 3.63) is 51.8 Å². The van der Waals surface area contributed by atoms with E-state index >= 15 is 0 Å². The molecule has 0 fully saturated rings. The SMILES string of the molecule is O=c1[nH]cnc(Nc2cccc(F)c2)c1Cl. The van der Waals surface area contributed by atoms with E-state index in [-0.39, 0.29) is 16.7 Å². The number of nitrogens with one attached hydrogen (secondary N) is 2. The van der Waals surface area contributed by atoms with Crippen molar-refractivity contribution in [2.45, 2.75) is 0 Å². The monoisotopic (exact) mass is 239 g/mol. The summed E-state index contributed by atoms with van der Waals surface area (Å²) in [6.07, 6.45) is 1.22. The summed E-state index contributed by atoms with van der Waals surface area (Å²) in [6.45, 7) is 0. The minimum absolute atomic E-state index is 0.0632. The summed E-state index contributed by atoms with van der Waals surface area (Å²) in [5.74, 6) is -0.193. The van der Waals surface area contributed by atoms with Gasteiger partial charge in [0.2, 0.25) is 0 Å². The van der Waals surface area contributed by atoms with Gasteiger partial charge < -0.3 is 10.3 Å². The molecule has 0 aliphatic carbocycles. The van der Waals surface area contributed by atoms with Gasteiger partial charge in [0.1, 0.15) is 10.8 Å². The Kier molecular flexibility index (Phi) is 2.87. The van der Waals surface area contributed by atoms with Crippen LogP contribution in [0, 0.1) is 5.82 Å². The highest BCUT2D eigenvalue weighted by Gasteiger charge is 2.05. The van der Waals surface area contributed by atoms with Crippen LogP contribution in [0.5, 0.6) is 0 Å². The average molecular weight is 240 g/mol. The Balaban J connectivity index is 2.34. The molecule has 6 heteroatoms. The summed E-state index contributed by atoms with van der Waals surface area (Å²) >= 11 is 5.72. The molecule has 2 N–H and O–H groups in total. The number of halogens is 2. The van der Waals surface area contributed by atoms with Gasteiger partial charge in [-0.3, -0.25) is 4.79 Å². The van der Waals surface area contributed by atoms with Gasteiger partial charge in [0.05, 0.1) is 6.33 Å². The van der Waals surface area contributed by atoms with Crippen LogP contribution in [-0.2, 0) is 0 Å². The normalized spacial score (nSPS) is 10.1. The van der Waals surface area contributed by atoms with E-state index in [0.29, 0.717) is 5.69 Å². The number of benzene rings is 1. The number of rotatable bonds is 2. The number of nitrogens with zero attached hydrogens (tertiary/aromatic N) is 1. The van der Waals surface area contributed by atoms with Gasteiger partial charge in [-0.15, -0.1) is 0 Å². The number of anilines is 2. The summed E-state index contributed by atoms with van der Waals surface area (Å²) < 4.78 is 12.9. The van der Waals surface area contributed by atoms with Crippen molar-refractivity contribution < 1.29 is 4.39 Å². The Hall–Kier alpha value is -1.88. The van der Waals surface area contributed by atoms with E-state index in [0.717, 1.165) is 0 Å². The summed E-state index contributed by atoms with van der Waals surface area (Å²) in [5, 5.41) is 2.69. The second-order valence-corrected chi connectivity index (χ2v) is 3.41. The predicted molar refractivity (Wildman–Crippen MR) is 59.6 cm³/mol. The van der Waals surface area contributed by atoms with Crippen LogP contribution in [0.4, 0.5) is 15.9 Å². The van der Waals surface area contributed by atoms with E-state index in [2.05, 4.69) is 15.3 Å². The molecule has 0 aliphatic heterocycles. The van der Waals surface area contributed by atoms with E-state index in [1.54, 1.807) is 12.1 Å². The van der Waals surface area contributed by atoms with Gasteiger partial charge >= 0.3 is 0 Å². The molecule has 82 valence electrons. The van der Waals surface area contributed by atoms with Gasteiger partial charge in [0.25, 0.3) is 5.56 Å². The minimum Gasteiger partial charge on any atom is -0.339 e. The lowest BCUT2D eigenvalue weighted by Crippen LogP contribution is -2.09. The van der Waals surface area contributed by atoms with Crippen molar-refractivity contribution in [3.63, 3.8) is 0 Å². The first-order valence-electron chi connectivity index (χ1n) is 4.42. The van der Waals surface area contributed by atoms with Crippen LogP contribution in [0.25, 0.3) is 0 Å². The quantitative estimate of drug-likeness (QED) is 0.846. The third kappa shape index (κ3) is 2.20. The van der Waals surface area contributed by atoms with Crippen LogP contribution in [0.1, 0.15) is 0 Å². The molecule has 4 nitrogen and oxygen atoms in total. The number of H-pyrrole nitrogens is 1. The Morgan fingerprint density at radius 3 is 3.00 bits per heavy atom. The number of hydrogen-bond acceptors (Lipinski definition) is 3. The molecule has 0 atom stereocenters. The van der Waals surface area contributed by atoms with Gasteiger partial charge in [-0.1, -0.05) is 17.7 Å². The molecular formula is C10H7ClFN3O. The van der Waals surface area contributed by atoms with Crippen LogP contribution in [0.2, 0.25) is 5.02 Å². The minimum atomic E-state index is -0.449. The van der Waals surface area contributed by atoms with Gasteiger partial charge in [-0.25, -0.2) is 9.37 Å². The van der Waals surface area contributed by atoms with Crippen LogP contribution in [0.15, 0.2) is 35.4 Å². The first-order chi connectivity index (χ1) is 7.66. The molecule has 2 rings (SSSR count). The van der Waals surface area contributed by atoms with E-state index in [1.165, 1.54) is 18.5 Å². The van der Waals surface area contributed by atoms with Gasteiger partial charge in [0.15, 0.2) is 5.82 Å². The molecule has 0 unspecified atom stereocenters. The highest BCUT2D eigenvalue weighted by atomic mass is 35.5. The van der Waals surface area contributed by atoms with Crippen LogP contribution >= 0.6 is 11.6 Å². The Morgan fingerprint density at radius 2 is 2.25 bits per heavy atom. The van der Waals surface area contributed by atoms with Gasteiger partial charge in [0, 0.05) is 5.69 Å².